The van der Waals surface area contributed by atoms with Crippen molar-refractivity contribution in [3.8, 4) is 17.0 Å². The second-order valence-corrected chi connectivity index (χ2v) is 6.66. The number of anilines is 2. The van der Waals surface area contributed by atoms with Crippen molar-refractivity contribution < 1.29 is 9.53 Å². The lowest BCUT2D eigenvalue weighted by molar-refractivity contribution is 0.258. The maximum atomic E-state index is 12.7. The maximum Gasteiger partial charge on any atom is 0.326 e. The number of urea groups is 1. The Hall–Kier alpha value is -3.87. The number of methoxy groups -OCH3 is 1. The molecule has 0 saturated heterocycles. The van der Waals surface area contributed by atoms with E-state index in [4.69, 9.17) is 4.74 Å². The predicted molar refractivity (Wildman–Crippen MR) is 114 cm³/mol. The number of amides is 2. The third-order valence-corrected chi connectivity index (χ3v) is 4.83. The summed E-state index contributed by atoms with van der Waals surface area (Å²) in [5.74, 6) is 0.634. The molecule has 7 nitrogen and oxygen atoms in total. The van der Waals surface area contributed by atoms with Gasteiger partial charge in [0.2, 0.25) is 0 Å². The molecule has 29 heavy (non-hydrogen) atoms. The minimum atomic E-state index is -0.256. The lowest BCUT2D eigenvalue weighted by Gasteiger charge is -2.20. The zero-order chi connectivity index (χ0) is 20.4. The van der Waals surface area contributed by atoms with Crippen LogP contribution in [0.2, 0.25) is 0 Å². The van der Waals surface area contributed by atoms with Crippen LogP contribution in [0.1, 0.15) is 5.56 Å². The number of rotatable bonds is 4. The van der Waals surface area contributed by atoms with Gasteiger partial charge in [0.15, 0.2) is 0 Å². The van der Waals surface area contributed by atoms with Crippen molar-refractivity contribution in [2.75, 3.05) is 24.4 Å². The van der Waals surface area contributed by atoms with Crippen LogP contribution in [0.4, 0.5) is 16.2 Å². The molecule has 0 aliphatic heterocycles. The molecule has 2 aromatic heterocycles. The van der Waals surface area contributed by atoms with Gasteiger partial charge in [-0.15, -0.1) is 0 Å². The number of carbonyl (C=O) groups is 1. The lowest BCUT2D eigenvalue weighted by Crippen LogP contribution is -2.31. The van der Waals surface area contributed by atoms with E-state index < -0.39 is 0 Å². The number of para-hydroxylation sites is 2. The summed E-state index contributed by atoms with van der Waals surface area (Å²) in [7, 11) is 3.29. The topological polar surface area (TPSA) is 83.1 Å². The molecule has 0 fully saturated rings. The highest BCUT2D eigenvalue weighted by Gasteiger charge is 2.15. The van der Waals surface area contributed by atoms with Gasteiger partial charge in [0.1, 0.15) is 17.7 Å². The Balaban J connectivity index is 1.55. The van der Waals surface area contributed by atoms with Crippen LogP contribution in [0.25, 0.3) is 22.3 Å². The molecule has 2 heterocycles. The van der Waals surface area contributed by atoms with Gasteiger partial charge in [0.25, 0.3) is 0 Å². The van der Waals surface area contributed by atoms with Crippen LogP contribution in [-0.2, 0) is 0 Å². The van der Waals surface area contributed by atoms with Crippen LogP contribution in [0, 0.1) is 6.92 Å². The fraction of sp³-hybridized carbons (Fsp3) is 0.136. The van der Waals surface area contributed by atoms with Gasteiger partial charge in [0.05, 0.1) is 18.5 Å². The number of aromatic amines is 1. The van der Waals surface area contributed by atoms with Crippen LogP contribution in [0.3, 0.4) is 0 Å². The molecule has 2 amide bonds. The fourth-order valence-electron chi connectivity index (χ4n) is 3.27. The molecule has 0 bridgehead atoms. The van der Waals surface area contributed by atoms with Crippen LogP contribution < -0.4 is 15.0 Å². The van der Waals surface area contributed by atoms with E-state index in [9.17, 15) is 4.79 Å². The van der Waals surface area contributed by atoms with E-state index in [2.05, 4.69) is 20.3 Å². The highest BCUT2D eigenvalue weighted by Crippen LogP contribution is 2.29. The number of nitrogens with zero attached hydrogens (tertiary/aromatic N) is 3. The van der Waals surface area contributed by atoms with E-state index in [1.807, 2.05) is 61.7 Å². The molecule has 0 atom stereocenters. The number of hydrogen-bond acceptors (Lipinski definition) is 4. The monoisotopic (exact) mass is 387 g/mol. The molecule has 0 aliphatic rings. The summed E-state index contributed by atoms with van der Waals surface area (Å²) in [6.07, 6.45) is 3.47. The molecule has 0 aliphatic carbocycles. The van der Waals surface area contributed by atoms with Crippen molar-refractivity contribution in [2.45, 2.75) is 6.92 Å². The quantitative estimate of drug-likeness (QED) is 0.536. The highest BCUT2D eigenvalue weighted by atomic mass is 16.5. The fourth-order valence-corrected chi connectivity index (χ4v) is 3.27. The first-order chi connectivity index (χ1) is 14.1. The Kier molecular flexibility index (Phi) is 4.87. The third-order valence-electron chi connectivity index (χ3n) is 4.83. The SMILES string of the molecule is COc1ccccc1N(C)C(=O)Nc1ccc(-c2ncnc3[nH]cc(C)c23)cc1. The number of ether oxygens (including phenoxy) is 1. The normalized spacial score (nSPS) is 10.7. The van der Waals surface area contributed by atoms with Crippen LogP contribution in [-0.4, -0.2) is 35.1 Å². The predicted octanol–water partition coefficient (Wildman–Crippen LogP) is 4.61. The van der Waals surface area contributed by atoms with E-state index in [1.54, 1.807) is 20.5 Å². The first-order valence-corrected chi connectivity index (χ1v) is 9.15. The van der Waals surface area contributed by atoms with Gasteiger partial charge in [-0.1, -0.05) is 24.3 Å². The first-order valence-electron chi connectivity index (χ1n) is 9.15. The average Bonchev–Trinajstić information content (AvgIpc) is 3.15. The zero-order valence-corrected chi connectivity index (χ0v) is 16.4. The summed E-state index contributed by atoms with van der Waals surface area (Å²) in [5.41, 5.74) is 5.09. The van der Waals surface area contributed by atoms with Crippen molar-refractivity contribution in [3.63, 3.8) is 0 Å². The zero-order valence-electron chi connectivity index (χ0n) is 16.4. The number of hydrogen-bond donors (Lipinski definition) is 2. The van der Waals surface area contributed by atoms with E-state index in [-0.39, 0.29) is 6.03 Å². The number of aromatic nitrogens is 3. The molecule has 0 saturated carbocycles. The average molecular weight is 387 g/mol. The summed E-state index contributed by atoms with van der Waals surface area (Å²) < 4.78 is 5.33. The molecular formula is C22H21N5O2. The Bertz CT molecular complexity index is 1170. The van der Waals surface area contributed by atoms with Gasteiger partial charge in [-0.3, -0.25) is 4.90 Å². The number of carbonyl (C=O) groups excluding carboxylic acids is 1. The lowest BCUT2D eigenvalue weighted by atomic mass is 10.1. The molecule has 4 rings (SSSR count). The smallest absolute Gasteiger partial charge is 0.326 e. The Morgan fingerprint density at radius 3 is 2.62 bits per heavy atom. The van der Waals surface area contributed by atoms with Gasteiger partial charge in [0, 0.05) is 29.9 Å². The summed E-state index contributed by atoms with van der Waals surface area (Å²) in [5, 5.41) is 3.91. The van der Waals surface area contributed by atoms with E-state index in [0.29, 0.717) is 17.1 Å². The number of nitrogens with one attached hydrogen (secondary N) is 2. The van der Waals surface area contributed by atoms with Gasteiger partial charge < -0.3 is 15.0 Å². The van der Waals surface area contributed by atoms with Crippen molar-refractivity contribution in [1.82, 2.24) is 15.0 Å². The molecular weight excluding hydrogens is 366 g/mol. The molecule has 0 radical (unpaired) electrons. The van der Waals surface area contributed by atoms with Crippen molar-refractivity contribution in [3.05, 3.63) is 66.6 Å². The highest BCUT2D eigenvalue weighted by molar-refractivity contribution is 6.02. The molecule has 0 spiro atoms. The van der Waals surface area contributed by atoms with Crippen molar-refractivity contribution >= 4 is 28.4 Å². The minimum absolute atomic E-state index is 0.256. The van der Waals surface area contributed by atoms with E-state index in [0.717, 1.165) is 27.9 Å². The second-order valence-electron chi connectivity index (χ2n) is 6.66. The van der Waals surface area contributed by atoms with Gasteiger partial charge >= 0.3 is 6.03 Å². The first kappa shape index (κ1) is 18.5. The largest absolute Gasteiger partial charge is 0.495 e. The van der Waals surface area contributed by atoms with Crippen LogP contribution in [0.5, 0.6) is 5.75 Å². The molecule has 2 aromatic carbocycles. The van der Waals surface area contributed by atoms with Crippen LogP contribution >= 0.6 is 0 Å². The van der Waals surface area contributed by atoms with Gasteiger partial charge in [-0.2, -0.15) is 0 Å². The summed E-state index contributed by atoms with van der Waals surface area (Å²) in [6.45, 7) is 2.02. The van der Waals surface area contributed by atoms with Crippen LogP contribution in [0.15, 0.2) is 61.1 Å². The summed E-state index contributed by atoms with van der Waals surface area (Å²) in [4.78, 5) is 26.0. The molecule has 0 unspecified atom stereocenters. The molecule has 146 valence electrons. The second kappa shape index (κ2) is 7.63. The van der Waals surface area contributed by atoms with E-state index >= 15 is 0 Å². The molecule has 7 heteroatoms. The number of aryl methyl sites for hydroxylation is 1. The number of benzene rings is 2. The summed E-state index contributed by atoms with van der Waals surface area (Å²) in [6, 6.07) is 14.7. The number of fused-ring (bicyclic) bond motifs is 1. The van der Waals surface area contributed by atoms with E-state index in [1.165, 1.54) is 4.90 Å². The summed E-state index contributed by atoms with van der Waals surface area (Å²) >= 11 is 0. The third kappa shape index (κ3) is 3.50. The Morgan fingerprint density at radius 2 is 1.86 bits per heavy atom. The van der Waals surface area contributed by atoms with Crippen molar-refractivity contribution in [2.24, 2.45) is 0 Å². The number of H-pyrrole nitrogens is 1. The minimum Gasteiger partial charge on any atom is -0.495 e. The maximum absolute atomic E-state index is 12.7. The molecule has 4 aromatic rings. The van der Waals surface area contributed by atoms with Gasteiger partial charge in [-0.05, 0) is 36.8 Å². The van der Waals surface area contributed by atoms with Crippen molar-refractivity contribution in [1.29, 1.82) is 0 Å². The Labute approximate surface area is 168 Å². The Morgan fingerprint density at radius 1 is 1.10 bits per heavy atom. The standard InChI is InChI=1S/C22H21N5O2/c1-14-12-23-21-19(14)20(24-13-25-21)15-8-10-16(11-9-15)26-22(28)27(2)17-6-4-5-7-18(17)29-3/h4-13H,1-3H3,(H,26,28)(H,23,24,25). The van der Waals surface area contributed by atoms with Gasteiger partial charge in [-0.25, -0.2) is 14.8 Å². The molecule has 2 N–H and O–H groups in total.